The summed E-state index contributed by atoms with van der Waals surface area (Å²) in [4.78, 5) is 66.0. The van der Waals surface area contributed by atoms with Gasteiger partial charge in [-0.25, -0.2) is 18.0 Å². The number of phenols is 1. The number of carbonyl (C=O) groups is 5. The fourth-order valence-corrected chi connectivity index (χ4v) is 9.60. The number of rotatable bonds is 8. The maximum atomic E-state index is 13.1. The third kappa shape index (κ3) is 4.50. The van der Waals surface area contributed by atoms with Gasteiger partial charge in [0.25, 0.3) is 0 Å². The van der Waals surface area contributed by atoms with Crippen molar-refractivity contribution in [2.24, 2.45) is 5.73 Å². The van der Waals surface area contributed by atoms with Gasteiger partial charge in [0.2, 0.25) is 17.7 Å². The summed E-state index contributed by atoms with van der Waals surface area (Å²) >= 11 is 1.32. The van der Waals surface area contributed by atoms with Crippen molar-refractivity contribution >= 4 is 51.3 Å². The molecule has 5 rings (SSSR count). The monoisotopic (exact) mass is 624 g/mol. The molecule has 0 aromatic heterocycles. The zero-order chi connectivity index (χ0) is 30.9. The Balaban J connectivity index is 1.15. The van der Waals surface area contributed by atoms with E-state index in [1.54, 1.807) is 13.8 Å². The molecule has 42 heavy (non-hydrogen) atoms. The first-order valence-electron chi connectivity index (χ1n) is 13.2. The van der Waals surface area contributed by atoms with Crippen molar-refractivity contribution in [1.82, 2.24) is 15.1 Å². The molecule has 14 nitrogen and oxygen atoms in total. The van der Waals surface area contributed by atoms with Gasteiger partial charge in [-0.2, -0.15) is 0 Å². The molecule has 0 saturated carbocycles. The molecule has 6 atom stereocenters. The number of sulfone groups is 1. The van der Waals surface area contributed by atoms with Gasteiger partial charge in [0.15, 0.2) is 9.84 Å². The molecule has 0 aliphatic carbocycles. The number of amides is 3. The number of ether oxygens (including phenoxy) is 2. The molecule has 0 radical (unpaired) electrons. The van der Waals surface area contributed by atoms with Crippen LogP contribution in [0.3, 0.4) is 0 Å². The molecule has 1 unspecified atom stereocenters. The zero-order valence-corrected chi connectivity index (χ0v) is 24.9. The predicted molar refractivity (Wildman–Crippen MR) is 147 cm³/mol. The summed E-state index contributed by atoms with van der Waals surface area (Å²) in [6, 6.07) is 1.54. The Bertz CT molecular complexity index is 1460. The number of phenolic OH excluding ortho intramolecular Hbond substituents is 1. The van der Waals surface area contributed by atoms with E-state index in [9.17, 15) is 37.5 Å². The van der Waals surface area contributed by atoms with Crippen LogP contribution in [0.2, 0.25) is 0 Å². The van der Waals surface area contributed by atoms with Crippen LogP contribution in [0.1, 0.15) is 45.7 Å². The van der Waals surface area contributed by atoms with E-state index in [1.807, 2.05) is 0 Å². The third-order valence-electron chi connectivity index (χ3n) is 8.27. The van der Waals surface area contributed by atoms with Gasteiger partial charge in [-0.15, -0.1) is 11.8 Å². The Kier molecular flexibility index (Phi) is 7.25. The normalized spacial score (nSPS) is 30.4. The number of fused-ring (bicyclic) bond motifs is 2. The van der Waals surface area contributed by atoms with E-state index in [0.29, 0.717) is 5.56 Å². The summed E-state index contributed by atoms with van der Waals surface area (Å²) in [6.07, 6.45) is -0.172. The van der Waals surface area contributed by atoms with Crippen LogP contribution in [0.25, 0.3) is 0 Å². The Morgan fingerprint density at radius 3 is 2.19 bits per heavy atom. The van der Waals surface area contributed by atoms with E-state index in [2.05, 4.69) is 5.32 Å². The highest BCUT2D eigenvalue weighted by atomic mass is 32.2. The van der Waals surface area contributed by atoms with Crippen molar-refractivity contribution < 1.29 is 47.0 Å². The molecule has 16 heteroatoms. The lowest BCUT2D eigenvalue weighted by molar-refractivity contribution is -0.168. The molecule has 228 valence electrons. The Labute approximate surface area is 246 Å². The molecular formula is C26H32N4O10S2. The van der Waals surface area contributed by atoms with Gasteiger partial charge in [-0.3, -0.25) is 14.4 Å². The highest BCUT2D eigenvalue weighted by Crippen LogP contribution is 2.51. The van der Waals surface area contributed by atoms with Crippen molar-refractivity contribution in [2.45, 2.75) is 78.5 Å². The van der Waals surface area contributed by atoms with Crippen LogP contribution in [0, 0.1) is 0 Å². The first kappa shape index (κ1) is 30.1. The molecule has 0 bridgehead atoms. The summed E-state index contributed by atoms with van der Waals surface area (Å²) < 4.78 is 33.6. The molecule has 4 fully saturated rings. The highest BCUT2D eigenvalue weighted by molar-refractivity contribution is 8.01. The number of nitrogens with one attached hydrogen (secondary N) is 1. The zero-order valence-electron chi connectivity index (χ0n) is 23.3. The molecule has 1 aromatic carbocycles. The standard InChI is InChI=1S/C26H32N4O10S2/c1-25(2)18(30-21(34)17(22(30)41-25)28-20(33)16(27)12-5-7-13(31)8-6-12)23(35)39-9-10-40-24(36)19-26(3,4)42(37,38)15-11-14(32)29(15)19/h5-8,15-19,22,31H,9-11,27H2,1-4H3,(H,28,33)/t15-,16?,17-,18+,19+,22-/m1/s1. The highest BCUT2D eigenvalue weighted by Gasteiger charge is 2.68. The number of thioether (sulfide) groups is 1. The fraction of sp³-hybridized carbons (Fsp3) is 0.577. The predicted octanol–water partition coefficient (Wildman–Crippen LogP) is -0.840. The molecule has 4 saturated heterocycles. The lowest BCUT2D eigenvalue weighted by Gasteiger charge is -2.44. The van der Waals surface area contributed by atoms with Gasteiger partial charge in [-0.05, 0) is 45.4 Å². The molecule has 0 spiro atoms. The number of hydrogen-bond acceptors (Lipinski definition) is 12. The van der Waals surface area contributed by atoms with E-state index in [4.69, 9.17) is 15.2 Å². The summed E-state index contributed by atoms with van der Waals surface area (Å²) in [5.74, 6) is -3.13. The lowest BCUT2D eigenvalue weighted by atomic mass is 9.95. The van der Waals surface area contributed by atoms with Gasteiger partial charge >= 0.3 is 11.9 Å². The number of β-lactam (4-membered cyclic amide) rings is 2. The minimum Gasteiger partial charge on any atom is -0.508 e. The molecule has 4 aliphatic rings. The average Bonchev–Trinajstić information content (AvgIpc) is 3.24. The van der Waals surface area contributed by atoms with Crippen molar-refractivity contribution in [3.05, 3.63) is 29.8 Å². The van der Waals surface area contributed by atoms with Crippen molar-refractivity contribution in [3.8, 4) is 5.75 Å². The second-order valence-electron chi connectivity index (χ2n) is 11.7. The van der Waals surface area contributed by atoms with Crippen molar-refractivity contribution in [3.63, 3.8) is 0 Å². The number of hydrogen-bond donors (Lipinski definition) is 3. The maximum Gasteiger partial charge on any atom is 0.330 e. The SMILES string of the molecule is CC1(C)S[C@@H]2[C@H](NC(=O)C(N)c3ccc(O)cc3)C(=O)N2[C@H]1C(=O)OCCOC(=O)[C@@H]1N2C(=O)C[C@H]2S(=O)(=O)C1(C)C. The van der Waals surface area contributed by atoms with Crippen LogP contribution in [0.4, 0.5) is 0 Å². The van der Waals surface area contributed by atoms with E-state index in [-0.39, 0.29) is 25.4 Å². The minimum atomic E-state index is -3.77. The molecule has 4 aliphatic heterocycles. The fourth-order valence-electron chi connectivity index (χ4n) is 5.85. The molecule has 4 heterocycles. The van der Waals surface area contributed by atoms with Gasteiger partial charge < -0.3 is 35.4 Å². The van der Waals surface area contributed by atoms with Crippen LogP contribution in [-0.2, 0) is 43.3 Å². The topological polar surface area (TPSA) is 203 Å². The summed E-state index contributed by atoms with van der Waals surface area (Å²) in [5.41, 5.74) is 6.47. The van der Waals surface area contributed by atoms with Crippen molar-refractivity contribution in [1.29, 1.82) is 0 Å². The van der Waals surface area contributed by atoms with Crippen LogP contribution >= 0.6 is 11.8 Å². The molecular weight excluding hydrogens is 592 g/mol. The quantitative estimate of drug-likeness (QED) is 0.184. The largest absolute Gasteiger partial charge is 0.508 e. The van der Waals surface area contributed by atoms with Gasteiger partial charge in [0.1, 0.15) is 53.9 Å². The van der Waals surface area contributed by atoms with Gasteiger partial charge in [0.05, 0.1) is 11.2 Å². The number of carbonyl (C=O) groups excluding carboxylic acids is 5. The molecule has 3 amide bonds. The summed E-state index contributed by atoms with van der Waals surface area (Å²) in [5, 5.41) is 10.5. The van der Waals surface area contributed by atoms with Gasteiger partial charge in [-0.1, -0.05) is 12.1 Å². The maximum absolute atomic E-state index is 13.1. The molecule has 4 N–H and O–H groups in total. The van der Waals surface area contributed by atoms with Crippen LogP contribution in [-0.4, -0.2) is 105 Å². The number of nitrogens with zero attached hydrogens (tertiary/aromatic N) is 2. The Morgan fingerprint density at radius 2 is 1.62 bits per heavy atom. The number of benzene rings is 1. The first-order valence-corrected chi connectivity index (χ1v) is 15.7. The summed E-state index contributed by atoms with van der Waals surface area (Å²) in [7, 11) is -3.77. The van der Waals surface area contributed by atoms with E-state index < -0.39 is 83.9 Å². The first-order chi connectivity index (χ1) is 19.5. The number of aromatic hydroxyl groups is 1. The van der Waals surface area contributed by atoms with Crippen LogP contribution in [0.5, 0.6) is 5.75 Å². The van der Waals surface area contributed by atoms with Crippen molar-refractivity contribution in [2.75, 3.05) is 13.2 Å². The van der Waals surface area contributed by atoms with Crippen LogP contribution < -0.4 is 11.1 Å². The molecule has 1 aromatic rings. The third-order valence-corrected chi connectivity index (χ3v) is 12.6. The second kappa shape index (κ2) is 10.1. The van der Waals surface area contributed by atoms with E-state index in [1.165, 1.54) is 54.8 Å². The van der Waals surface area contributed by atoms with E-state index in [0.717, 1.165) is 4.90 Å². The number of esters is 2. The average molecular weight is 625 g/mol. The second-order valence-corrected chi connectivity index (χ2v) is 16.1. The Hall–Kier alpha value is -3.37. The Morgan fingerprint density at radius 1 is 1.05 bits per heavy atom. The summed E-state index contributed by atoms with van der Waals surface area (Å²) in [6.45, 7) is 5.54. The minimum absolute atomic E-state index is 0.0198. The van der Waals surface area contributed by atoms with Gasteiger partial charge in [0, 0.05) is 4.75 Å². The number of nitrogens with two attached hydrogens (primary N) is 1. The lowest BCUT2D eigenvalue weighted by Crippen LogP contribution is -2.71. The van der Waals surface area contributed by atoms with E-state index >= 15 is 0 Å². The smallest absolute Gasteiger partial charge is 0.330 e. The van der Waals surface area contributed by atoms with Crippen LogP contribution in [0.15, 0.2) is 24.3 Å².